The normalized spacial score (nSPS) is 14.3. The maximum Gasteiger partial charge on any atom is 0.312 e. The zero-order valence-corrected chi connectivity index (χ0v) is 14.8. The molecule has 1 aromatic heterocycles. The van der Waals surface area contributed by atoms with Gasteiger partial charge in [-0.3, -0.25) is 9.59 Å². The third kappa shape index (κ3) is 5.06. The highest BCUT2D eigenvalue weighted by molar-refractivity contribution is 7.10. The van der Waals surface area contributed by atoms with Crippen molar-refractivity contribution in [2.45, 2.75) is 25.3 Å². The zero-order chi connectivity index (χ0) is 18.5. The lowest BCUT2D eigenvalue weighted by atomic mass is 10.1. The Morgan fingerprint density at radius 3 is 2.46 bits per heavy atom. The molecule has 2 aromatic rings. The molecule has 1 aromatic carbocycles. The van der Waals surface area contributed by atoms with Gasteiger partial charge >= 0.3 is 6.03 Å². The second-order valence-electron chi connectivity index (χ2n) is 6.17. The molecule has 1 fully saturated rings. The van der Waals surface area contributed by atoms with E-state index in [4.69, 9.17) is 5.73 Å². The average molecular weight is 372 g/mol. The Kier molecular flexibility index (Phi) is 5.52. The minimum atomic E-state index is -0.680. The summed E-state index contributed by atoms with van der Waals surface area (Å²) in [7, 11) is 0. The van der Waals surface area contributed by atoms with Crippen LogP contribution in [-0.4, -0.2) is 17.8 Å². The molecule has 1 heterocycles. The number of amides is 4. The molecule has 1 atom stereocenters. The summed E-state index contributed by atoms with van der Waals surface area (Å²) in [6.07, 6.45) is 1.92. The predicted molar refractivity (Wildman–Crippen MR) is 101 cm³/mol. The van der Waals surface area contributed by atoms with Gasteiger partial charge < -0.3 is 21.7 Å². The molecule has 1 saturated carbocycles. The first-order valence-electron chi connectivity index (χ1n) is 8.31. The molecule has 1 unspecified atom stereocenters. The Hall–Kier alpha value is -2.87. The number of benzene rings is 1. The number of anilines is 2. The van der Waals surface area contributed by atoms with Crippen LogP contribution in [0.5, 0.6) is 0 Å². The number of urea groups is 1. The summed E-state index contributed by atoms with van der Waals surface area (Å²) >= 11 is 1.44. The van der Waals surface area contributed by atoms with Crippen molar-refractivity contribution in [2.24, 2.45) is 11.7 Å². The minimum absolute atomic E-state index is 0.0110. The summed E-state index contributed by atoms with van der Waals surface area (Å²) in [6, 6.07) is 9.51. The smallest absolute Gasteiger partial charge is 0.312 e. The van der Waals surface area contributed by atoms with Crippen LogP contribution in [0.4, 0.5) is 16.2 Å². The van der Waals surface area contributed by atoms with Crippen LogP contribution in [0, 0.1) is 5.92 Å². The van der Waals surface area contributed by atoms with Crippen molar-refractivity contribution >= 4 is 40.6 Å². The Balaban J connectivity index is 1.61. The van der Waals surface area contributed by atoms with Crippen LogP contribution in [0.3, 0.4) is 0 Å². The zero-order valence-electron chi connectivity index (χ0n) is 14.0. The fourth-order valence-electron chi connectivity index (χ4n) is 2.55. The van der Waals surface area contributed by atoms with Crippen molar-refractivity contribution < 1.29 is 14.4 Å². The highest BCUT2D eigenvalue weighted by Crippen LogP contribution is 2.30. The quantitative estimate of drug-likeness (QED) is 0.599. The molecule has 3 rings (SSSR count). The fraction of sp³-hybridized carbons (Fsp3) is 0.278. The molecule has 0 bridgehead atoms. The Morgan fingerprint density at radius 2 is 1.85 bits per heavy atom. The van der Waals surface area contributed by atoms with Gasteiger partial charge in [-0.25, -0.2) is 4.79 Å². The molecule has 0 radical (unpaired) electrons. The molecule has 1 aliphatic carbocycles. The summed E-state index contributed by atoms with van der Waals surface area (Å²) in [4.78, 5) is 36.3. The number of nitrogens with two attached hydrogens (primary N) is 1. The van der Waals surface area contributed by atoms with Crippen LogP contribution in [0.15, 0.2) is 41.8 Å². The number of carbonyl (C=O) groups excluding carboxylic acids is 3. The number of nitrogens with one attached hydrogen (secondary N) is 3. The molecular formula is C18H20N4O3S. The van der Waals surface area contributed by atoms with Gasteiger partial charge in [-0.2, -0.15) is 0 Å². The summed E-state index contributed by atoms with van der Waals surface area (Å²) in [6.45, 7) is 0. The summed E-state index contributed by atoms with van der Waals surface area (Å²) in [5.41, 5.74) is 6.43. The van der Waals surface area contributed by atoms with Crippen LogP contribution in [-0.2, 0) is 9.59 Å². The number of primary amides is 1. The fourth-order valence-corrected chi connectivity index (χ4v) is 3.32. The van der Waals surface area contributed by atoms with Crippen LogP contribution in [0.1, 0.15) is 30.2 Å². The number of rotatable bonds is 7. The van der Waals surface area contributed by atoms with Gasteiger partial charge in [0.1, 0.15) is 0 Å². The second-order valence-corrected chi connectivity index (χ2v) is 7.15. The maximum absolute atomic E-state index is 12.4. The maximum atomic E-state index is 12.4. The van der Waals surface area contributed by atoms with Gasteiger partial charge in [-0.1, -0.05) is 12.1 Å². The predicted octanol–water partition coefficient (Wildman–Crippen LogP) is 2.83. The lowest BCUT2D eigenvalue weighted by molar-refractivity contribution is -0.117. The Morgan fingerprint density at radius 1 is 1.12 bits per heavy atom. The van der Waals surface area contributed by atoms with Crippen LogP contribution in [0.25, 0.3) is 0 Å². The van der Waals surface area contributed by atoms with Crippen molar-refractivity contribution in [1.29, 1.82) is 0 Å². The van der Waals surface area contributed by atoms with Crippen molar-refractivity contribution in [3.63, 3.8) is 0 Å². The number of hydrogen-bond donors (Lipinski definition) is 4. The van der Waals surface area contributed by atoms with E-state index in [9.17, 15) is 14.4 Å². The van der Waals surface area contributed by atoms with Gasteiger partial charge in [-0.05, 0) is 42.5 Å². The van der Waals surface area contributed by atoms with E-state index in [1.165, 1.54) is 11.3 Å². The molecule has 1 aliphatic rings. The van der Waals surface area contributed by atoms with E-state index < -0.39 is 12.1 Å². The standard InChI is InChI=1S/C18H20N4O3S/c19-18(25)22-14(15-5-2-8-26-15)10-16(23)20-12-3-1-4-13(9-12)21-17(24)11-6-7-11/h1-5,8-9,11,14H,6-7,10H2,(H,20,23)(H,21,24)(H3,19,22,25). The summed E-state index contributed by atoms with van der Waals surface area (Å²) in [5, 5.41) is 10.1. The monoisotopic (exact) mass is 372 g/mol. The largest absolute Gasteiger partial charge is 0.352 e. The molecule has 136 valence electrons. The van der Waals surface area contributed by atoms with Crippen LogP contribution < -0.4 is 21.7 Å². The summed E-state index contributed by atoms with van der Waals surface area (Å²) in [5.74, 6) is -0.139. The highest BCUT2D eigenvalue weighted by atomic mass is 32.1. The molecular weight excluding hydrogens is 352 g/mol. The second kappa shape index (κ2) is 8.01. The van der Waals surface area contributed by atoms with E-state index in [0.717, 1.165) is 17.7 Å². The van der Waals surface area contributed by atoms with Crippen molar-refractivity contribution in [3.05, 3.63) is 46.7 Å². The molecule has 0 aliphatic heterocycles. The van der Waals surface area contributed by atoms with Gasteiger partial charge in [0.25, 0.3) is 0 Å². The van der Waals surface area contributed by atoms with Crippen molar-refractivity contribution in [3.8, 4) is 0 Å². The molecule has 8 heteroatoms. The van der Waals surface area contributed by atoms with E-state index >= 15 is 0 Å². The van der Waals surface area contributed by atoms with E-state index in [1.807, 2.05) is 17.5 Å². The van der Waals surface area contributed by atoms with Crippen LogP contribution in [0.2, 0.25) is 0 Å². The molecule has 0 saturated heterocycles. The molecule has 0 spiro atoms. The van der Waals surface area contributed by atoms with Crippen molar-refractivity contribution in [2.75, 3.05) is 10.6 Å². The van der Waals surface area contributed by atoms with E-state index in [-0.39, 0.29) is 24.2 Å². The molecule has 26 heavy (non-hydrogen) atoms. The van der Waals surface area contributed by atoms with Crippen LogP contribution >= 0.6 is 11.3 Å². The lowest BCUT2D eigenvalue weighted by Gasteiger charge is -2.16. The van der Waals surface area contributed by atoms with E-state index in [1.54, 1.807) is 24.3 Å². The van der Waals surface area contributed by atoms with E-state index in [2.05, 4.69) is 16.0 Å². The Labute approximate surface area is 155 Å². The SMILES string of the molecule is NC(=O)NC(CC(=O)Nc1cccc(NC(=O)C2CC2)c1)c1cccs1. The first kappa shape index (κ1) is 17.9. The van der Waals surface area contributed by atoms with Gasteiger partial charge in [0.05, 0.1) is 12.5 Å². The van der Waals surface area contributed by atoms with Crippen molar-refractivity contribution in [1.82, 2.24) is 5.32 Å². The minimum Gasteiger partial charge on any atom is -0.352 e. The van der Waals surface area contributed by atoms with Gasteiger partial charge in [0.2, 0.25) is 11.8 Å². The number of thiophene rings is 1. The molecule has 5 N–H and O–H groups in total. The Bertz CT molecular complexity index is 803. The first-order valence-corrected chi connectivity index (χ1v) is 9.19. The van der Waals surface area contributed by atoms with Gasteiger partial charge in [0.15, 0.2) is 0 Å². The topological polar surface area (TPSA) is 113 Å². The third-order valence-electron chi connectivity index (χ3n) is 3.95. The highest BCUT2D eigenvalue weighted by Gasteiger charge is 2.29. The number of hydrogen-bond acceptors (Lipinski definition) is 4. The third-order valence-corrected chi connectivity index (χ3v) is 4.94. The summed E-state index contributed by atoms with van der Waals surface area (Å²) < 4.78 is 0. The molecule has 7 nitrogen and oxygen atoms in total. The number of carbonyl (C=O) groups is 3. The molecule has 4 amide bonds. The van der Waals surface area contributed by atoms with E-state index in [0.29, 0.717) is 11.4 Å². The first-order chi connectivity index (χ1) is 12.5. The van der Waals surface area contributed by atoms with Gasteiger partial charge in [0, 0.05) is 22.2 Å². The van der Waals surface area contributed by atoms with Gasteiger partial charge in [-0.15, -0.1) is 11.3 Å². The lowest BCUT2D eigenvalue weighted by Crippen LogP contribution is -2.34. The average Bonchev–Trinajstić information content (AvgIpc) is 3.29.